The van der Waals surface area contributed by atoms with Crippen molar-refractivity contribution in [2.24, 2.45) is 0 Å². The molecule has 2 aromatic rings. The van der Waals surface area contributed by atoms with Crippen LogP contribution in [0.4, 0.5) is 0 Å². The predicted molar refractivity (Wildman–Crippen MR) is 99.0 cm³/mol. The maximum Gasteiger partial charge on any atom is 0.130 e. The Balaban J connectivity index is 1.93. The van der Waals surface area contributed by atoms with Gasteiger partial charge in [-0.3, -0.25) is 4.90 Å². The Bertz CT molecular complexity index is 818. The molecule has 1 aliphatic heterocycles. The van der Waals surface area contributed by atoms with E-state index in [1.54, 1.807) is 7.11 Å². The molecule has 2 atom stereocenters. The quantitative estimate of drug-likeness (QED) is 0.788. The Labute approximate surface area is 151 Å². The van der Waals surface area contributed by atoms with Gasteiger partial charge in [-0.15, -0.1) is 0 Å². The van der Waals surface area contributed by atoms with Crippen LogP contribution in [0.5, 0.6) is 11.5 Å². The van der Waals surface area contributed by atoms with Gasteiger partial charge in [0.1, 0.15) is 11.5 Å². The molecule has 2 aliphatic rings. The van der Waals surface area contributed by atoms with Gasteiger partial charge in [0.25, 0.3) is 0 Å². The number of rotatable bonds is 1. The minimum atomic E-state index is 0.311. The van der Waals surface area contributed by atoms with Crippen molar-refractivity contribution in [2.75, 3.05) is 14.2 Å². The van der Waals surface area contributed by atoms with Crippen LogP contribution in [0.25, 0.3) is 0 Å². The van der Waals surface area contributed by atoms with Crippen molar-refractivity contribution in [1.82, 2.24) is 4.90 Å². The lowest BCUT2D eigenvalue weighted by Gasteiger charge is -2.44. The van der Waals surface area contributed by atoms with Crippen LogP contribution < -0.4 is 4.74 Å². The van der Waals surface area contributed by atoms with Gasteiger partial charge in [0.2, 0.25) is 0 Å². The van der Waals surface area contributed by atoms with Gasteiger partial charge in [0.15, 0.2) is 0 Å². The standard InChI is InChI=1S/C20H22BrNO2/c1-11-6-14-13(8-19(11)24-3)10-22(2)17-5-4-12-7-16(21)18(23)9-15(12)20(14)17/h6-9,17,20,23H,4-5,10H2,1-3H3/t17-,20-/m1/s1. The Hall–Kier alpha value is -1.52. The summed E-state index contributed by atoms with van der Waals surface area (Å²) in [6.45, 7) is 3.06. The molecule has 0 saturated heterocycles. The second-order valence-electron chi connectivity index (χ2n) is 7.02. The van der Waals surface area contributed by atoms with Gasteiger partial charge in [-0.2, -0.15) is 0 Å². The van der Waals surface area contributed by atoms with Crippen molar-refractivity contribution in [2.45, 2.75) is 38.3 Å². The van der Waals surface area contributed by atoms with Crippen LogP contribution in [0.3, 0.4) is 0 Å². The second kappa shape index (κ2) is 5.78. The van der Waals surface area contributed by atoms with Gasteiger partial charge in [-0.1, -0.05) is 6.07 Å². The number of fused-ring (bicyclic) bond motifs is 5. The molecule has 0 fully saturated rings. The molecule has 0 bridgehead atoms. The van der Waals surface area contributed by atoms with E-state index in [1.165, 1.54) is 27.8 Å². The molecular weight excluding hydrogens is 366 g/mol. The topological polar surface area (TPSA) is 32.7 Å². The highest BCUT2D eigenvalue weighted by Gasteiger charge is 2.38. The van der Waals surface area contributed by atoms with Crippen molar-refractivity contribution in [3.8, 4) is 11.5 Å². The highest BCUT2D eigenvalue weighted by molar-refractivity contribution is 9.10. The summed E-state index contributed by atoms with van der Waals surface area (Å²) >= 11 is 3.46. The summed E-state index contributed by atoms with van der Waals surface area (Å²) in [5.74, 6) is 1.59. The first-order valence-electron chi connectivity index (χ1n) is 8.38. The van der Waals surface area contributed by atoms with Gasteiger partial charge >= 0.3 is 0 Å². The molecule has 2 aromatic carbocycles. The number of aryl methyl sites for hydroxylation is 2. The molecule has 0 unspecified atom stereocenters. The number of aromatic hydroxyl groups is 1. The van der Waals surface area contributed by atoms with Gasteiger partial charge in [0, 0.05) is 18.5 Å². The molecule has 3 nitrogen and oxygen atoms in total. The summed E-state index contributed by atoms with van der Waals surface area (Å²) < 4.78 is 6.31. The van der Waals surface area contributed by atoms with E-state index in [2.05, 4.69) is 53.0 Å². The number of methoxy groups -OCH3 is 1. The third kappa shape index (κ3) is 2.35. The third-order valence-corrected chi connectivity index (χ3v) is 6.25. The SMILES string of the molecule is COc1cc2c(cc1C)[C@@H]1c3cc(O)c(Br)cc3CC[C@H]1N(C)C2. The molecule has 0 spiro atoms. The summed E-state index contributed by atoms with van der Waals surface area (Å²) in [6, 6.07) is 9.00. The first-order chi connectivity index (χ1) is 11.5. The average Bonchev–Trinajstić information content (AvgIpc) is 2.56. The van der Waals surface area contributed by atoms with Crippen LogP contribution >= 0.6 is 15.9 Å². The van der Waals surface area contributed by atoms with Crippen molar-refractivity contribution < 1.29 is 9.84 Å². The molecule has 24 heavy (non-hydrogen) atoms. The molecule has 0 radical (unpaired) electrons. The fourth-order valence-corrected chi connectivity index (χ4v) is 4.83. The second-order valence-corrected chi connectivity index (χ2v) is 7.88. The monoisotopic (exact) mass is 387 g/mol. The summed E-state index contributed by atoms with van der Waals surface area (Å²) in [5, 5.41) is 10.2. The van der Waals surface area contributed by atoms with E-state index in [0.717, 1.165) is 29.6 Å². The molecule has 4 rings (SSSR count). The number of hydrogen-bond acceptors (Lipinski definition) is 3. The van der Waals surface area contributed by atoms with E-state index >= 15 is 0 Å². The van der Waals surface area contributed by atoms with Crippen LogP contribution in [-0.4, -0.2) is 30.2 Å². The number of phenols is 1. The van der Waals surface area contributed by atoms with E-state index in [1.807, 2.05) is 6.07 Å². The highest BCUT2D eigenvalue weighted by Crippen LogP contribution is 2.47. The third-order valence-electron chi connectivity index (χ3n) is 5.62. The summed E-state index contributed by atoms with van der Waals surface area (Å²) in [4.78, 5) is 2.45. The molecule has 4 heteroatoms. The van der Waals surface area contributed by atoms with Gasteiger partial charge in [-0.25, -0.2) is 0 Å². The zero-order chi connectivity index (χ0) is 17.0. The first-order valence-corrected chi connectivity index (χ1v) is 9.18. The maximum atomic E-state index is 10.2. The molecular formula is C20H22BrNO2. The Morgan fingerprint density at radius 2 is 1.92 bits per heavy atom. The van der Waals surface area contributed by atoms with Crippen LogP contribution in [0.15, 0.2) is 28.7 Å². The number of hydrogen-bond donors (Lipinski definition) is 1. The number of phenolic OH excluding ortho intramolecular Hbond substituents is 1. The number of benzene rings is 2. The van der Waals surface area contributed by atoms with Gasteiger partial charge in [-0.05, 0) is 88.8 Å². The largest absolute Gasteiger partial charge is 0.507 e. The van der Waals surface area contributed by atoms with Gasteiger partial charge in [0.05, 0.1) is 11.6 Å². The lowest BCUT2D eigenvalue weighted by Crippen LogP contribution is -2.43. The van der Waals surface area contributed by atoms with E-state index in [-0.39, 0.29) is 0 Å². The molecule has 1 N–H and O–H groups in total. The minimum absolute atomic E-state index is 0.311. The first kappa shape index (κ1) is 16.0. The molecule has 1 heterocycles. The molecule has 0 saturated carbocycles. The van der Waals surface area contributed by atoms with Crippen LogP contribution in [-0.2, 0) is 13.0 Å². The average molecular weight is 388 g/mol. The maximum absolute atomic E-state index is 10.2. The Morgan fingerprint density at radius 3 is 2.67 bits per heavy atom. The normalized spacial score (nSPS) is 22.5. The lowest BCUT2D eigenvalue weighted by atomic mass is 9.71. The minimum Gasteiger partial charge on any atom is -0.507 e. The van der Waals surface area contributed by atoms with Crippen LogP contribution in [0, 0.1) is 6.92 Å². The van der Waals surface area contributed by atoms with E-state index in [4.69, 9.17) is 4.74 Å². The lowest BCUT2D eigenvalue weighted by molar-refractivity contribution is 0.178. The Kier molecular flexibility index (Phi) is 3.85. The number of ether oxygens (including phenoxy) is 1. The molecule has 126 valence electrons. The van der Waals surface area contributed by atoms with E-state index in [0.29, 0.717) is 17.7 Å². The Morgan fingerprint density at radius 1 is 1.17 bits per heavy atom. The number of nitrogens with zero attached hydrogens (tertiary/aromatic N) is 1. The molecule has 1 aliphatic carbocycles. The fourth-order valence-electron chi connectivity index (χ4n) is 4.44. The highest BCUT2D eigenvalue weighted by atomic mass is 79.9. The predicted octanol–water partition coefficient (Wildman–Crippen LogP) is 4.36. The van der Waals surface area contributed by atoms with E-state index < -0.39 is 0 Å². The molecule has 0 amide bonds. The van der Waals surface area contributed by atoms with Crippen molar-refractivity contribution in [3.05, 3.63) is 56.6 Å². The summed E-state index contributed by atoms with van der Waals surface area (Å²) in [7, 11) is 3.94. The van der Waals surface area contributed by atoms with Crippen molar-refractivity contribution in [3.63, 3.8) is 0 Å². The zero-order valence-electron chi connectivity index (χ0n) is 14.3. The molecule has 0 aromatic heterocycles. The summed E-state index contributed by atoms with van der Waals surface area (Å²) in [6.07, 6.45) is 2.21. The number of halogens is 1. The van der Waals surface area contributed by atoms with Gasteiger partial charge < -0.3 is 9.84 Å². The van der Waals surface area contributed by atoms with Crippen LogP contribution in [0.2, 0.25) is 0 Å². The zero-order valence-corrected chi connectivity index (χ0v) is 15.9. The van der Waals surface area contributed by atoms with Crippen LogP contribution in [0.1, 0.15) is 40.2 Å². The smallest absolute Gasteiger partial charge is 0.130 e. The fraction of sp³-hybridized carbons (Fsp3) is 0.400. The van der Waals surface area contributed by atoms with E-state index in [9.17, 15) is 5.11 Å². The van der Waals surface area contributed by atoms with Crippen molar-refractivity contribution >= 4 is 15.9 Å². The number of likely N-dealkylation sites (N-methyl/N-ethyl adjacent to an activating group) is 1. The van der Waals surface area contributed by atoms with Crippen molar-refractivity contribution in [1.29, 1.82) is 0 Å². The summed E-state index contributed by atoms with van der Waals surface area (Å²) in [5.41, 5.74) is 6.50.